The molecule has 0 spiro atoms. The van der Waals surface area contributed by atoms with Gasteiger partial charge in [0.1, 0.15) is 23.6 Å². The molecule has 0 saturated heterocycles. The molecule has 2 fully saturated rings. The van der Waals surface area contributed by atoms with Gasteiger partial charge in [-0.25, -0.2) is 0 Å². The Morgan fingerprint density at radius 1 is 0.592 bits per heavy atom. The Morgan fingerprint density at radius 2 is 1.00 bits per heavy atom. The van der Waals surface area contributed by atoms with E-state index in [1.165, 1.54) is 5.56 Å². The van der Waals surface area contributed by atoms with Gasteiger partial charge < -0.3 is 47.5 Å². The molecule has 6 rings (SSSR count). The molecule has 4 aromatic rings. The van der Waals surface area contributed by atoms with Crippen molar-refractivity contribution in [3.05, 3.63) is 129 Å². The molecule has 2 saturated carbocycles. The topological polar surface area (TPSA) is 216 Å². The van der Waals surface area contributed by atoms with Gasteiger partial charge in [0.15, 0.2) is 0 Å². The second-order valence-electron chi connectivity index (χ2n) is 18.8. The second-order valence-corrected chi connectivity index (χ2v) is 19.6. The van der Waals surface area contributed by atoms with E-state index >= 15 is 0 Å². The monoisotopic (exact) mass is 1020 g/mol. The predicted octanol–water partition coefficient (Wildman–Crippen LogP) is 8.51. The van der Waals surface area contributed by atoms with E-state index in [1.807, 2.05) is 88.4 Å². The summed E-state index contributed by atoms with van der Waals surface area (Å²) < 4.78 is 11.2. The van der Waals surface area contributed by atoms with E-state index in [4.69, 9.17) is 44.1 Å². The van der Waals surface area contributed by atoms with Crippen LogP contribution in [0, 0.1) is 17.8 Å². The fourth-order valence-corrected chi connectivity index (χ4v) is 9.02. The van der Waals surface area contributed by atoms with Gasteiger partial charge in [0.25, 0.3) is 11.8 Å². The molecule has 2 atom stereocenters. The van der Waals surface area contributed by atoms with Crippen molar-refractivity contribution >= 4 is 52.7 Å². The van der Waals surface area contributed by atoms with Crippen molar-refractivity contribution in [2.75, 3.05) is 14.1 Å². The molecule has 0 aromatic heterocycles. The number of carbonyl (C=O) groups is 5. The fraction of sp³-hybridized carbons (Fsp3) is 0.473. The number of likely N-dealkylation sites (N-methyl/N-ethyl adjacent to an activating group) is 2. The Balaban J connectivity index is 0.000000274. The first kappa shape index (κ1) is 57.9. The summed E-state index contributed by atoms with van der Waals surface area (Å²) in [7, 11) is 3.14. The van der Waals surface area contributed by atoms with Gasteiger partial charge in [-0.05, 0) is 151 Å². The normalized spacial score (nSPS) is 18.2. The lowest BCUT2D eigenvalue weighted by molar-refractivity contribution is -0.127. The Morgan fingerprint density at radius 3 is 1.37 bits per heavy atom. The summed E-state index contributed by atoms with van der Waals surface area (Å²) in [5, 5.41) is 14.7. The number of carbonyl (C=O) groups excluding carboxylic acids is 5. The maximum atomic E-state index is 12.9. The minimum Gasteiger partial charge on any atom is -0.489 e. The van der Waals surface area contributed by atoms with Gasteiger partial charge in [-0.1, -0.05) is 83.9 Å². The molecule has 386 valence electrons. The Labute approximate surface area is 430 Å². The molecule has 0 radical (unpaired) electrons. The Hall–Kier alpha value is -5.67. The molecule has 9 N–H and O–H groups in total. The van der Waals surface area contributed by atoms with Gasteiger partial charge in [0.05, 0.1) is 22.3 Å². The molecule has 2 unspecified atom stereocenters. The van der Waals surface area contributed by atoms with Crippen molar-refractivity contribution < 1.29 is 33.4 Å². The number of nitrogens with one attached hydrogen (secondary N) is 5. The third-order valence-electron chi connectivity index (χ3n) is 12.5. The van der Waals surface area contributed by atoms with Crippen molar-refractivity contribution in [1.82, 2.24) is 26.6 Å². The second kappa shape index (κ2) is 30.3. The van der Waals surface area contributed by atoms with E-state index in [9.17, 15) is 24.0 Å². The maximum absolute atomic E-state index is 12.9. The third-order valence-corrected chi connectivity index (χ3v) is 13.1. The Bertz CT molecular complexity index is 2290. The Kier molecular flexibility index (Phi) is 24.7. The van der Waals surface area contributed by atoms with E-state index in [2.05, 4.69) is 26.6 Å². The molecule has 2 aliphatic carbocycles. The van der Waals surface area contributed by atoms with Crippen molar-refractivity contribution in [3.63, 3.8) is 0 Å². The molecule has 71 heavy (non-hydrogen) atoms. The van der Waals surface area contributed by atoms with Crippen LogP contribution in [0.15, 0.2) is 97.1 Å². The van der Waals surface area contributed by atoms with Crippen LogP contribution >= 0.6 is 23.2 Å². The number of hydrogen-bond acceptors (Lipinski definition) is 9. The maximum Gasteiger partial charge on any atom is 0.251 e. The first-order chi connectivity index (χ1) is 34.0. The largest absolute Gasteiger partial charge is 0.489 e. The van der Waals surface area contributed by atoms with E-state index in [0.717, 1.165) is 56.9 Å². The van der Waals surface area contributed by atoms with Crippen LogP contribution in [0.2, 0.25) is 10.0 Å². The number of rotatable bonds is 18. The minimum absolute atomic E-state index is 0.0107. The van der Waals surface area contributed by atoms with Crippen LogP contribution in [-0.4, -0.2) is 74.0 Å². The summed E-state index contributed by atoms with van der Waals surface area (Å²) in [6.45, 7) is 8.77. The molecular weight excluding hydrogens is 942 g/mol. The van der Waals surface area contributed by atoms with Crippen molar-refractivity contribution in [1.29, 1.82) is 0 Å². The van der Waals surface area contributed by atoms with Crippen LogP contribution < -0.4 is 47.5 Å². The molecule has 16 heteroatoms. The van der Waals surface area contributed by atoms with E-state index in [1.54, 1.807) is 50.5 Å². The summed E-state index contributed by atoms with van der Waals surface area (Å²) in [5.74, 6) is 0.613. The van der Waals surface area contributed by atoms with Crippen molar-refractivity contribution in [2.45, 2.75) is 135 Å². The van der Waals surface area contributed by atoms with Gasteiger partial charge in [0, 0.05) is 50.3 Å². The molecule has 4 aromatic carbocycles. The zero-order valence-electron chi connectivity index (χ0n) is 42.1. The van der Waals surface area contributed by atoms with Gasteiger partial charge in [-0.15, -0.1) is 0 Å². The lowest BCUT2D eigenvalue weighted by atomic mass is 9.78. The van der Waals surface area contributed by atoms with Crippen LogP contribution in [0.4, 0.5) is 0 Å². The van der Waals surface area contributed by atoms with Gasteiger partial charge >= 0.3 is 0 Å². The molecule has 0 aliphatic heterocycles. The summed E-state index contributed by atoms with van der Waals surface area (Å²) in [5.41, 5.74) is 14.3. The van der Waals surface area contributed by atoms with Crippen molar-refractivity contribution in [2.24, 2.45) is 29.2 Å². The van der Waals surface area contributed by atoms with Crippen molar-refractivity contribution in [3.8, 4) is 11.5 Å². The quantitative estimate of drug-likeness (QED) is 0.0508. The molecular formula is C55H75Cl2N7O7. The summed E-state index contributed by atoms with van der Waals surface area (Å²) >= 11 is 12.5. The van der Waals surface area contributed by atoms with E-state index in [0.29, 0.717) is 64.5 Å². The number of amides is 5. The summed E-state index contributed by atoms with van der Waals surface area (Å²) in [6, 6.07) is 28.6. The van der Waals surface area contributed by atoms with E-state index < -0.39 is 12.1 Å². The van der Waals surface area contributed by atoms with Crippen LogP contribution in [0.3, 0.4) is 0 Å². The predicted molar refractivity (Wildman–Crippen MR) is 282 cm³/mol. The fourth-order valence-electron chi connectivity index (χ4n) is 8.57. The first-order valence-corrected chi connectivity index (χ1v) is 25.5. The summed E-state index contributed by atoms with van der Waals surface area (Å²) in [4.78, 5) is 63.0. The number of benzene rings is 4. The SMILES string of the molecule is CNC(=O)C(CC1CCC(C(=O)NCc2ccccc2)CC1)NC(=O)c1ccc(OC(C)C)c(Cl)c1.CNC(=O)C(CC1CCC(N)CC1)NC(=O)c1ccc(OC(C)C)c(Cl)c1.NCc1ccccc1. The molecule has 14 nitrogen and oxygen atoms in total. The standard InChI is InChI=1S/C28H36ClN3O4.C20H30ClN3O3.C7H9N/c1-18(2)36-25-14-13-22(16-23(25)29)27(34)32-24(28(35)30-3)15-19-9-11-21(12-10-19)26(33)31-17-20-7-5-4-6-8-20;1-12(2)27-18-9-6-14(11-16(18)21)19(25)24-17(20(26)23-3)10-13-4-7-15(22)8-5-13;8-6-7-4-2-1-3-5-7/h4-8,13-14,16,18-19,21,24H,9-12,15,17H2,1-3H3,(H,30,35)(H,31,33)(H,32,34);6,9,11-13,15,17H,4-5,7-8,10,22H2,1-3H3,(H,23,26)(H,24,25);1-5H,6,8H2. The number of nitrogens with two attached hydrogens (primary N) is 2. The van der Waals surface area contributed by atoms with Crippen LogP contribution in [0.1, 0.15) is 124 Å². The molecule has 2 aliphatic rings. The van der Waals surface area contributed by atoms with Crippen LogP contribution in [0.25, 0.3) is 0 Å². The zero-order chi connectivity index (χ0) is 51.9. The number of hydrogen-bond donors (Lipinski definition) is 7. The lowest BCUT2D eigenvalue weighted by Crippen LogP contribution is -2.47. The van der Waals surface area contributed by atoms with Crippen LogP contribution in [-0.2, 0) is 27.5 Å². The third kappa shape index (κ3) is 20.2. The highest BCUT2D eigenvalue weighted by molar-refractivity contribution is 6.32. The molecule has 0 heterocycles. The summed E-state index contributed by atoms with van der Waals surface area (Å²) in [6.07, 6.45) is 8.19. The molecule has 5 amide bonds. The van der Waals surface area contributed by atoms with Crippen LogP contribution in [0.5, 0.6) is 11.5 Å². The number of halogens is 2. The van der Waals surface area contributed by atoms with Gasteiger partial charge in [-0.2, -0.15) is 0 Å². The lowest BCUT2D eigenvalue weighted by Gasteiger charge is -2.30. The minimum atomic E-state index is -0.665. The van der Waals surface area contributed by atoms with Gasteiger partial charge in [0.2, 0.25) is 17.7 Å². The zero-order valence-corrected chi connectivity index (χ0v) is 43.6. The highest BCUT2D eigenvalue weighted by Gasteiger charge is 2.31. The number of ether oxygens (including phenoxy) is 2. The molecule has 0 bridgehead atoms. The average molecular weight is 1020 g/mol. The first-order valence-electron chi connectivity index (χ1n) is 24.8. The smallest absolute Gasteiger partial charge is 0.251 e. The van der Waals surface area contributed by atoms with E-state index in [-0.39, 0.29) is 59.6 Å². The highest BCUT2D eigenvalue weighted by atomic mass is 35.5. The van der Waals surface area contributed by atoms with Gasteiger partial charge in [-0.3, -0.25) is 24.0 Å². The highest BCUT2D eigenvalue weighted by Crippen LogP contribution is 2.33. The average Bonchev–Trinajstić information content (AvgIpc) is 3.37.